The summed E-state index contributed by atoms with van der Waals surface area (Å²) in [6, 6.07) is 11.0. The van der Waals surface area contributed by atoms with Crippen LogP contribution in [-0.4, -0.2) is 77.3 Å². The van der Waals surface area contributed by atoms with E-state index in [9.17, 15) is 9.90 Å². The van der Waals surface area contributed by atoms with Gasteiger partial charge >= 0.3 is 0 Å². The van der Waals surface area contributed by atoms with E-state index in [-0.39, 0.29) is 36.8 Å². The molecule has 4 aliphatic rings. The molecule has 7 atom stereocenters. The molecule has 0 saturated carbocycles. The predicted molar refractivity (Wildman–Crippen MR) is 182 cm³/mol. The maximum Gasteiger partial charge on any atom is 0.253 e. The highest BCUT2D eigenvalue weighted by Crippen LogP contribution is 2.59. The van der Waals surface area contributed by atoms with Gasteiger partial charge in [-0.15, -0.1) is 0 Å². The molecule has 3 amide bonds. The lowest BCUT2D eigenvalue weighted by atomic mass is 9.73. The van der Waals surface area contributed by atoms with E-state index in [2.05, 4.69) is 0 Å². The van der Waals surface area contributed by atoms with Crippen molar-refractivity contribution in [2.45, 2.75) is 70.7 Å². The third-order valence-corrected chi connectivity index (χ3v) is 10.9. The number of aliphatic hydroxyl groups excluding tert-OH is 1. The maximum absolute atomic E-state index is 15.0. The van der Waals surface area contributed by atoms with E-state index in [4.69, 9.17) is 21.1 Å². The Hall–Kier alpha value is -3.66. The summed E-state index contributed by atoms with van der Waals surface area (Å²) in [7, 11) is 0. The van der Waals surface area contributed by atoms with E-state index in [0.29, 0.717) is 48.1 Å². The second-order valence-corrected chi connectivity index (χ2v) is 13.4. The number of halogens is 1. The van der Waals surface area contributed by atoms with Crippen LogP contribution in [0.5, 0.6) is 5.75 Å². The maximum atomic E-state index is 15.0. The molecule has 2 aromatic rings. The zero-order valence-electron chi connectivity index (χ0n) is 27.7. The minimum atomic E-state index is -1.46. The lowest BCUT2D eigenvalue weighted by Gasteiger charge is -2.42. The highest BCUT2D eigenvalue weighted by molar-refractivity contribution is 6.34. The number of benzene rings is 2. The van der Waals surface area contributed by atoms with Crippen LogP contribution in [0.2, 0.25) is 5.02 Å². The summed E-state index contributed by atoms with van der Waals surface area (Å²) in [5.41, 5.74) is -0.532. The number of fused-ring (bicyclic) bond motifs is 2. The Labute approximate surface area is 281 Å². The molecule has 0 bridgehead atoms. The number of rotatable bonds is 9. The quantitative estimate of drug-likeness (QED) is 0.365. The number of amides is 3. The molecular formula is C37H44ClN3O6. The average Bonchev–Trinajstić information content (AvgIpc) is 3.35. The zero-order valence-corrected chi connectivity index (χ0v) is 28.4. The number of likely N-dealkylation sites (tertiary alicyclic amines) is 1. The molecule has 4 heterocycles. The number of para-hydroxylation sites is 1. The molecule has 1 spiro atoms. The Bertz CT molecular complexity index is 1590. The van der Waals surface area contributed by atoms with Crippen LogP contribution in [0.4, 0.5) is 11.4 Å². The van der Waals surface area contributed by atoms with Crippen molar-refractivity contribution in [3.8, 4) is 5.75 Å². The summed E-state index contributed by atoms with van der Waals surface area (Å²) < 4.78 is 12.8. The largest absolute Gasteiger partial charge is 0.494 e. The molecule has 2 aromatic carbocycles. The Balaban J connectivity index is 1.51. The fourth-order valence-corrected chi connectivity index (χ4v) is 8.48. The first-order valence-electron chi connectivity index (χ1n) is 16.7. The van der Waals surface area contributed by atoms with Gasteiger partial charge < -0.3 is 29.3 Å². The van der Waals surface area contributed by atoms with Gasteiger partial charge in [0.15, 0.2) is 0 Å². The van der Waals surface area contributed by atoms with Crippen molar-refractivity contribution in [2.75, 3.05) is 36.1 Å². The highest BCUT2D eigenvalue weighted by Gasteiger charge is 2.76. The molecule has 2 fully saturated rings. The van der Waals surface area contributed by atoms with E-state index >= 15 is 9.59 Å². The molecule has 4 aliphatic heterocycles. The summed E-state index contributed by atoms with van der Waals surface area (Å²) in [6.45, 7) is 10.4. The van der Waals surface area contributed by atoms with Crippen molar-refractivity contribution in [1.29, 1.82) is 0 Å². The molecule has 0 aliphatic carbocycles. The van der Waals surface area contributed by atoms with E-state index in [1.807, 2.05) is 95.3 Å². The molecule has 47 heavy (non-hydrogen) atoms. The van der Waals surface area contributed by atoms with Crippen LogP contribution >= 0.6 is 11.6 Å². The molecule has 1 unspecified atom stereocenters. The number of carbonyl (C=O) groups is 3. The summed E-state index contributed by atoms with van der Waals surface area (Å²) in [4.78, 5) is 49.7. The average molecular weight is 662 g/mol. The Kier molecular flexibility index (Phi) is 9.02. The zero-order chi connectivity index (χ0) is 33.7. The topological polar surface area (TPSA) is 99.6 Å². The summed E-state index contributed by atoms with van der Waals surface area (Å²) >= 11 is 6.71. The normalized spacial score (nSPS) is 29.7. The van der Waals surface area contributed by atoms with Gasteiger partial charge in [-0.2, -0.15) is 0 Å². The molecule has 9 nitrogen and oxygen atoms in total. The number of hydrogen-bond acceptors (Lipinski definition) is 6. The number of ether oxygens (including phenoxy) is 2. The van der Waals surface area contributed by atoms with Gasteiger partial charge in [-0.05, 0) is 62.1 Å². The lowest BCUT2D eigenvalue weighted by molar-refractivity contribution is -0.150. The van der Waals surface area contributed by atoms with Gasteiger partial charge in [0, 0.05) is 18.8 Å². The summed E-state index contributed by atoms with van der Waals surface area (Å²) in [5, 5.41) is 11.2. The number of nitrogens with zero attached hydrogens (tertiary/aromatic N) is 3. The SMILES string of the molecule is CCOc1ccc(N2CC=C[C@]3(CC)O[C@]45C=CCN(c6c(C)cccc6Cl)C(=O)C4N([C@@H](CO)[C@@H](C)CC)C(=O)[C@@H]5[C@@H]3C2=O)cc1. The first-order valence-corrected chi connectivity index (χ1v) is 17.1. The van der Waals surface area contributed by atoms with Crippen LogP contribution in [-0.2, 0) is 19.1 Å². The smallest absolute Gasteiger partial charge is 0.253 e. The predicted octanol–water partition coefficient (Wildman–Crippen LogP) is 5.32. The lowest BCUT2D eigenvalue weighted by Crippen LogP contribution is -2.60. The van der Waals surface area contributed by atoms with Crippen molar-refractivity contribution < 1.29 is 29.0 Å². The van der Waals surface area contributed by atoms with Crippen LogP contribution in [0.15, 0.2) is 66.8 Å². The second-order valence-electron chi connectivity index (χ2n) is 13.0. The van der Waals surface area contributed by atoms with Gasteiger partial charge in [0.2, 0.25) is 11.8 Å². The molecule has 6 rings (SSSR count). The number of aliphatic hydroxyl groups is 1. The first-order chi connectivity index (χ1) is 22.6. The number of hydrogen-bond donors (Lipinski definition) is 1. The fourth-order valence-electron chi connectivity index (χ4n) is 8.16. The molecule has 0 aromatic heterocycles. The van der Waals surface area contributed by atoms with Gasteiger partial charge in [0.25, 0.3) is 5.91 Å². The third-order valence-electron chi connectivity index (χ3n) is 10.6. The van der Waals surface area contributed by atoms with Crippen LogP contribution in [0.3, 0.4) is 0 Å². The van der Waals surface area contributed by atoms with Crippen molar-refractivity contribution in [3.63, 3.8) is 0 Å². The van der Waals surface area contributed by atoms with Crippen LogP contribution < -0.4 is 14.5 Å². The van der Waals surface area contributed by atoms with Crippen molar-refractivity contribution >= 4 is 40.7 Å². The molecule has 1 N–H and O–H groups in total. The van der Waals surface area contributed by atoms with Gasteiger partial charge in [0.1, 0.15) is 17.4 Å². The molecule has 0 radical (unpaired) electrons. The van der Waals surface area contributed by atoms with Gasteiger partial charge in [-0.25, -0.2) is 0 Å². The Morgan fingerprint density at radius 2 is 1.66 bits per heavy atom. The number of anilines is 2. The first kappa shape index (κ1) is 33.2. The van der Waals surface area contributed by atoms with E-state index in [1.54, 1.807) is 20.8 Å². The number of aryl methyl sites for hydroxylation is 1. The van der Waals surface area contributed by atoms with E-state index in [0.717, 1.165) is 5.56 Å². The minimum absolute atomic E-state index is 0.128. The van der Waals surface area contributed by atoms with Gasteiger partial charge in [-0.1, -0.05) is 75.2 Å². The van der Waals surface area contributed by atoms with Gasteiger partial charge in [0.05, 0.1) is 47.4 Å². The molecule has 10 heteroatoms. The molecular weight excluding hydrogens is 618 g/mol. The van der Waals surface area contributed by atoms with E-state index < -0.39 is 35.1 Å². The van der Waals surface area contributed by atoms with Crippen molar-refractivity contribution in [3.05, 3.63) is 77.4 Å². The highest BCUT2D eigenvalue weighted by atomic mass is 35.5. The Morgan fingerprint density at radius 3 is 2.30 bits per heavy atom. The van der Waals surface area contributed by atoms with Crippen molar-refractivity contribution in [2.24, 2.45) is 17.8 Å². The standard InChI is InChI=1S/C37H44ClN3O6/c1-6-23(4)28(22-42)41-32-35(45)40(31-24(5)12-9-13-27(31)38)21-11-19-37(32)30(34(41)44)29-33(43)39(20-10-18-36(29,7-2)47-37)25-14-16-26(17-15-25)46-8-3/h9-19,23,28-30,32,42H,6-8,20-22H2,1-5H3/t23-,28-,29+,30-,32?,36-,37-/m0/s1. The third kappa shape index (κ3) is 5.09. The minimum Gasteiger partial charge on any atom is -0.494 e. The second kappa shape index (κ2) is 12.7. The monoisotopic (exact) mass is 661 g/mol. The van der Waals surface area contributed by atoms with Gasteiger partial charge in [-0.3, -0.25) is 14.4 Å². The Morgan fingerprint density at radius 1 is 0.957 bits per heavy atom. The van der Waals surface area contributed by atoms with Crippen LogP contribution in [0.1, 0.15) is 46.1 Å². The molecule has 2 saturated heterocycles. The van der Waals surface area contributed by atoms with Crippen LogP contribution in [0.25, 0.3) is 0 Å². The van der Waals surface area contributed by atoms with Crippen molar-refractivity contribution in [1.82, 2.24) is 4.90 Å². The summed E-state index contributed by atoms with van der Waals surface area (Å²) in [6.07, 6.45) is 8.62. The molecule has 250 valence electrons. The summed E-state index contributed by atoms with van der Waals surface area (Å²) in [5.74, 6) is -2.31. The van der Waals surface area contributed by atoms with Crippen LogP contribution in [0, 0.1) is 24.7 Å². The van der Waals surface area contributed by atoms with E-state index in [1.165, 1.54) is 0 Å². The fraction of sp³-hybridized carbons (Fsp3) is 0.486. The number of carbonyl (C=O) groups excluding carboxylic acids is 3.